The number of carbonyl (C=O) groups is 3. The first-order valence-electron chi connectivity index (χ1n) is 25.1. The summed E-state index contributed by atoms with van der Waals surface area (Å²) in [5.41, 5.74) is -0.515. The Morgan fingerprint density at radius 2 is 1.42 bits per heavy atom. The molecule has 2 rings (SSSR count). The van der Waals surface area contributed by atoms with Crippen molar-refractivity contribution in [3.8, 4) is 0 Å². The molecule has 1 aromatic heterocycles. The second-order valence-corrected chi connectivity index (χ2v) is 42.0. The van der Waals surface area contributed by atoms with Gasteiger partial charge < -0.3 is 9.16 Å². The molecule has 67 heavy (non-hydrogen) atoms. The molecule has 0 aromatic carbocycles. The number of Topliss-reactive ketones (excluding diaryl/α,β-unsaturated/α-hetero) is 2. The summed E-state index contributed by atoms with van der Waals surface area (Å²) in [5, 5.41) is 3.47. The average Bonchev–Trinajstić information content (AvgIpc) is 3.65. The molecule has 2 heterocycles. The number of aromatic nitrogens is 1. The summed E-state index contributed by atoms with van der Waals surface area (Å²) in [6.07, 6.45) is 8.77. The molecule has 0 spiro atoms. The molecule has 0 amide bonds. The number of halogens is 4. The molecule has 1 aliphatic rings. The van der Waals surface area contributed by atoms with Gasteiger partial charge in [-0.25, -0.2) is 0 Å². The number of hydrogen-bond acceptors (Lipinski definition) is 8. The number of alkyl halides is 3. The van der Waals surface area contributed by atoms with Crippen LogP contribution in [0.15, 0.2) is 29.2 Å². The zero-order valence-corrected chi connectivity index (χ0v) is 49.8. The van der Waals surface area contributed by atoms with Gasteiger partial charge >= 0.3 is 204 Å². The summed E-state index contributed by atoms with van der Waals surface area (Å²) in [6.45, 7) is 39.6. The molecule has 15 heteroatoms. The molecule has 7 nitrogen and oxygen atoms in total. The Kier molecular flexibility index (Phi) is 24.7. The first-order chi connectivity index (χ1) is 30.4. The number of ether oxygens (including phenoxy) is 1. The minimum absolute atomic E-state index is 0.0900. The van der Waals surface area contributed by atoms with Crippen LogP contribution in [0.1, 0.15) is 172 Å². The van der Waals surface area contributed by atoms with E-state index in [1.165, 1.54) is 75.7 Å². The summed E-state index contributed by atoms with van der Waals surface area (Å²) in [7, 11) is -4.09. The number of rotatable bonds is 17. The standard InChI is InChI=1S/C29H47F3O5Si.C23H47ClNOPSSi/c1-18-13-12-14-22(29(30,31)32)15-16-23(21(4)33)36-24(34)17-19(2)28(8,9)26(35)20(3)25(18)37-38(10,11)27(5,6)7;1-9-12-15-27(24,16-13-10-2,17-14-11-3)19-21-20-28-22(25-21)18-26-29(7,8)23(4,5)6/h12-13,15,18-20,23,25H,14,16-17H2,1-11H3;20H,9-19H2,1-8H3/b13-12+,22-15+;/t18-,19-,20+,23-,25-;/m0./s1. The molecule has 0 saturated carbocycles. The van der Waals surface area contributed by atoms with Gasteiger partial charge in [0.05, 0.1) is 6.10 Å². The second-order valence-electron chi connectivity index (χ2n) is 23.4. The number of hydrogen-bond donors (Lipinski definition) is 0. The van der Waals surface area contributed by atoms with Crippen molar-refractivity contribution in [2.45, 2.75) is 229 Å². The molecule has 0 bridgehead atoms. The van der Waals surface area contributed by atoms with Gasteiger partial charge in [0.15, 0.2) is 20.2 Å². The van der Waals surface area contributed by atoms with Crippen molar-refractivity contribution in [2.24, 2.45) is 23.2 Å². The van der Waals surface area contributed by atoms with Crippen LogP contribution in [0.3, 0.4) is 0 Å². The summed E-state index contributed by atoms with van der Waals surface area (Å²) in [6, 6.07) is 0. The first-order valence-corrected chi connectivity index (χ1v) is 35.6. The molecule has 0 fully saturated rings. The van der Waals surface area contributed by atoms with Crippen LogP contribution in [0.5, 0.6) is 0 Å². The topological polar surface area (TPSA) is 91.8 Å². The van der Waals surface area contributed by atoms with E-state index in [4.69, 9.17) is 29.8 Å². The number of carbonyl (C=O) groups excluding carboxylic acids is 3. The van der Waals surface area contributed by atoms with Gasteiger partial charge in [-0.05, 0) is 43.3 Å². The van der Waals surface area contributed by atoms with Gasteiger partial charge in [-0.2, -0.15) is 13.2 Å². The van der Waals surface area contributed by atoms with Gasteiger partial charge in [-0.1, -0.05) is 73.6 Å². The zero-order chi connectivity index (χ0) is 52.1. The van der Waals surface area contributed by atoms with Crippen molar-refractivity contribution in [2.75, 3.05) is 18.5 Å². The van der Waals surface area contributed by atoms with E-state index in [2.05, 4.69) is 93.9 Å². The predicted molar refractivity (Wildman–Crippen MR) is 286 cm³/mol. The van der Waals surface area contributed by atoms with E-state index in [9.17, 15) is 27.6 Å². The normalized spacial score (nSPS) is 24.1. The van der Waals surface area contributed by atoms with Crippen molar-refractivity contribution in [1.29, 1.82) is 0 Å². The Morgan fingerprint density at radius 3 is 1.87 bits per heavy atom. The van der Waals surface area contributed by atoms with E-state index in [0.29, 0.717) is 6.61 Å². The fourth-order valence-electron chi connectivity index (χ4n) is 7.84. The molecule has 5 atom stereocenters. The van der Waals surface area contributed by atoms with Gasteiger partial charge in [0.25, 0.3) is 0 Å². The molecule has 0 aliphatic carbocycles. The van der Waals surface area contributed by atoms with E-state index in [0.717, 1.165) is 17.2 Å². The number of allylic oxidation sites excluding steroid dienone is 2. The van der Waals surface area contributed by atoms with Gasteiger partial charge in [0, 0.05) is 29.7 Å². The minimum atomic E-state index is -4.61. The van der Waals surface area contributed by atoms with Crippen LogP contribution < -0.4 is 0 Å². The molecular weight excluding hydrogens is 946 g/mol. The monoisotopic (exact) mass is 1040 g/mol. The molecule has 1 aromatic rings. The first kappa shape index (κ1) is 63.8. The maximum absolute atomic E-state index is 13.9. The SMILES string of the molecule is CC(=O)[C@@H]1C/C=C(/C(F)(F)F)C/C=C/[C@H](C)[C@H](O[Si](C)(C)C(C)(C)C)[C@@H](C)C(=O)C(C)(C)[C@@H](C)CC(=O)O1.CCCCP(Cl)(CCCC)(CCCC)Cc1csc(CO[Si](C)(C)C(C)(C)C)n1. The quantitative estimate of drug-likeness (QED) is 0.0664. The number of nitrogens with zero attached hydrogens (tertiary/aromatic N) is 1. The molecular formula is C52H94ClF3NO6PSSi2. The van der Waals surface area contributed by atoms with Crippen molar-refractivity contribution >= 4 is 62.7 Å². The average molecular weight is 1040 g/mol. The van der Waals surface area contributed by atoms with Crippen LogP contribution in [-0.2, 0) is 40.7 Å². The number of thiazole rings is 1. The fraction of sp³-hybridized carbons (Fsp3) is 0.808. The molecule has 0 saturated heterocycles. The van der Waals surface area contributed by atoms with E-state index in [-0.39, 0.29) is 34.6 Å². The van der Waals surface area contributed by atoms with Crippen LogP contribution >= 0.6 is 28.5 Å². The van der Waals surface area contributed by atoms with Crippen LogP contribution in [0.2, 0.25) is 36.3 Å². The van der Waals surface area contributed by atoms with Crippen molar-refractivity contribution in [3.63, 3.8) is 0 Å². The Balaban J connectivity index is 0.000000695. The van der Waals surface area contributed by atoms with Gasteiger partial charge in [-0.3, -0.25) is 14.4 Å². The number of ketones is 2. The number of unbranched alkanes of at least 4 members (excludes halogenated alkanes) is 3. The van der Waals surface area contributed by atoms with Crippen molar-refractivity contribution in [1.82, 2.24) is 4.98 Å². The van der Waals surface area contributed by atoms with E-state index >= 15 is 0 Å². The molecule has 0 unspecified atom stereocenters. The molecule has 0 N–H and O–H groups in total. The third kappa shape index (κ3) is 19.7. The van der Waals surface area contributed by atoms with E-state index in [1.807, 2.05) is 6.92 Å². The van der Waals surface area contributed by atoms with Gasteiger partial charge in [-0.15, -0.1) is 0 Å². The fourth-order valence-corrected chi connectivity index (χ4v) is 18.0. The number of esters is 1. The van der Waals surface area contributed by atoms with Crippen molar-refractivity contribution in [3.05, 3.63) is 39.9 Å². The van der Waals surface area contributed by atoms with Gasteiger partial charge in [0.2, 0.25) is 0 Å². The van der Waals surface area contributed by atoms with Crippen LogP contribution in [0, 0.1) is 23.2 Å². The summed E-state index contributed by atoms with van der Waals surface area (Å²) in [5.74, 6) is -4.99. The number of cyclic esters (lactones) is 1. The third-order valence-electron chi connectivity index (χ3n) is 15.2. The summed E-state index contributed by atoms with van der Waals surface area (Å²) in [4.78, 5) is 43.6. The van der Waals surface area contributed by atoms with Crippen LogP contribution in [0.4, 0.5) is 13.2 Å². The Labute approximate surface area is 417 Å². The van der Waals surface area contributed by atoms with Gasteiger partial charge in [0.1, 0.15) is 5.78 Å². The summed E-state index contributed by atoms with van der Waals surface area (Å²) < 4.78 is 59.7. The Bertz CT molecular complexity index is 1780. The molecule has 390 valence electrons. The van der Waals surface area contributed by atoms with E-state index < -0.39 is 82.0 Å². The maximum atomic E-state index is 13.9. The van der Waals surface area contributed by atoms with Crippen LogP contribution in [-0.4, -0.2) is 76.0 Å². The van der Waals surface area contributed by atoms with E-state index in [1.54, 1.807) is 45.1 Å². The zero-order valence-electron chi connectivity index (χ0n) is 45.4. The third-order valence-corrected chi connectivity index (χ3v) is 32.3. The summed E-state index contributed by atoms with van der Waals surface area (Å²) >= 11 is 9.52. The van der Waals surface area contributed by atoms with Crippen LogP contribution in [0.25, 0.3) is 0 Å². The molecule has 0 radical (unpaired) electrons. The predicted octanol–water partition coefficient (Wildman–Crippen LogP) is 16.9. The Hall–Kier alpha value is -1.22. The van der Waals surface area contributed by atoms with Crippen molar-refractivity contribution < 1.29 is 41.1 Å². The Morgan fingerprint density at radius 1 is 0.910 bits per heavy atom. The second kappa shape index (κ2) is 25.9. The molecule has 1 aliphatic heterocycles.